The van der Waals surface area contributed by atoms with Crippen molar-refractivity contribution >= 4 is 23.1 Å². The molecule has 1 heterocycles. The van der Waals surface area contributed by atoms with E-state index < -0.39 is 5.60 Å². The zero-order valence-corrected chi connectivity index (χ0v) is 23.7. The van der Waals surface area contributed by atoms with Crippen LogP contribution in [0.1, 0.15) is 60.8 Å². The first-order valence-corrected chi connectivity index (χ1v) is 13.4. The average Bonchev–Trinajstić information content (AvgIpc) is 3.00. The third kappa shape index (κ3) is 8.13. The molecule has 0 radical (unpaired) electrons. The van der Waals surface area contributed by atoms with Gasteiger partial charge in [-0.15, -0.1) is 0 Å². The molecular formula is C30H42N4O4. The predicted molar refractivity (Wildman–Crippen MR) is 153 cm³/mol. The summed E-state index contributed by atoms with van der Waals surface area (Å²) in [5.41, 5.74) is 5.09. The van der Waals surface area contributed by atoms with Crippen LogP contribution in [0.4, 0.5) is 5.69 Å². The summed E-state index contributed by atoms with van der Waals surface area (Å²) >= 11 is 0. The molecular weight excluding hydrogens is 480 g/mol. The number of aliphatic hydroxyl groups is 1. The number of esters is 1. The summed E-state index contributed by atoms with van der Waals surface area (Å²) in [6.45, 7) is 13.9. The zero-order valence-electron chi connectivity index (χ0n) is 23.7. The van der Waals surface area contributed by atoms with E-state index in [9.17, 15) is 9.90 Å². The lowest BCUT2D eigenvalue weighted by atomic mass is 10.1. The topological polar surface area (TPSA) is 87.0 Å². The van der Waals surface area contributed by atoms with Crippen molar-refractivity contribution < 1.29 is 19.4 Å². The van der Waals surface area contributed by atoms with Gasteiger partial charge in [0.2, 0.25) is 0 Å². The maximum atomic E-state index is 12.4. The van der Waals surface area contributed by atoms with Crippen LogP contribution in [0.2, 0.25) is 0 Å². The number of nitrogens with zero attached hydrogens (tertiary/aromatic N) is 4. The fourth-order valence-corrected chi connectivity index (χ4v) is 4.49. The smallest absolute Gasteiger partial charge is 0.349 e. The van der Waals surface area contributed by atoms with Crippen molar-refractivity contribution in [3.63, 3.8) is 0 Å². The molecule has 3 rings (SSSR count). The number of rotatable bonds is 12. The van der Waals surface area contributed by atoms with Crippen LogP contribution < -0.4 is 5.12 Å². The lowest BCUT2D eigenvalue weighted by Gasteiger charge is -2.27. The number of carbonyl (C=O) groups excluding carboxylic acids is 1. The number of allylic oxidation sites excluding steroid dienone is 4. The standard InChI is InChI=1S/C30H42N4O4/c1-7-37-29(36)30(5,6)38-28-22(2)14-15-25(18-23(28)3)20-33(16-11-17-35)21-26-19-24(4)31-34(32-26)27-12-9-8-10-13-27/h8-10,12-14,18,35H,7,11,15-17,19-21H2,1-6H3. The lowest BCUT2D eigenvalue weighted by molar-refractivity contribution is -0.163. The van der Waals surface area contributed by atoms with E-state index in [1.165, 1.54) is 5.57 Å². The van der Waals surface area contributed by atoms with Crippen LogP contribution in [-0.2, 0) is 14.3 Å². The van der Waals surface area contributed by atoms with E-state index in [1.807, 2.05) is 51.1 Å². The maximum Gasteiger partial charge on any atom is 0.349 e. The van der Waals surface area contributed by atoms with E-state index in [1.54, 1.807) is 25.9 Å². The van der Waals surface area contributed by atoms with Gasteiger partial charge in [-0.05, 0) is 77.7 Å². The highest BCUT2D eigenvalue weighted by atomic mass is 16.6. The molecule has 206 valence electrons. The van der Waals surface area contributed by atoms with E-state index in [-0.39, 0.29) is 12.6 Å². The summed E-state index contributed by atoms with van der Waals surface area (Å²) < 4.78 is 11.4. The Kier molecular flexibility index (Phi) is 10.4. The van der Waals surface area contributed by atoms with Crippen molar-refractivity contribution in [3.8, 4) is 0 Å². The quantitative estimate of drug-likeness (QED) is 0.379. The van der Waals surface area contributed by atoms with Crippen molar-refractivity contribution in [2.75, 3.05) is 38.0 Å². The first-order valence-electron chi connectivity index (χ1n) is 13.4. The van der Waals surface area contributed by atoms with Gasteiger partial charge in [-0.3, -0.25) is 4.90 Å². The zero-order chi connectivity index (χ0) is 27.7. The van der Waals surface area contributed by atoms with Crippen molar-refractivity contribution in [2.24, 2.45) is 10.2 Å². The van der Waals surface area contributed by atoms with Gasteiger partial charge < -0.3 is 14.6 Å². The predicted octanol–water partition coefficient (Wildman–Crippen LogP) is 5.22. The molecule has 0 amide bonds. The summed E-state index contributed by atoms with van der Waals surface area (Å²) in [5, 5.41) is 20.7. The normalized spacial score (nSPS) is 16.5. The average molecular weight is 523 g/mol. The maximum absolute atomic E-state index is 12.4. The van der Waals surface area contributed by atoms with Crippen LogP contribution >= 0.6 is 0 Å². The number of hydrogen-bond donors (Lipinski definition) is 1. The van der Waals surface area contributed by atoms with Crippen molar-refractivity contribution in [2.45, 2.75) is 66.4 Å². The molecule has 1 aromatic rings. The lowest BCUT2D eigenvalue weighted by Crippen LogP contribution is -2.36. The number of ether oxygens (including phenoxy) is 2. The molecule has 8 heteroatoms. The monoisotopic (exact) mass is 522 g/mol. The van der Waals surface area contributed by atoms with Gasteiger partial charge in [0.15, 0.2) is 5.60 Å². The minimum Gasteiger partial charge on any atom is -0.476 e. The molecule has 0 aromatic heterocycles. The molecule has 1 aromatic carbocycles. The Morgan fingerprint density at radius 2 is 1.87 bits per heavy atom. The van der Waals surface area contributed by atoms with E-state index in [2.05, 4.69) is 22.2 Å². The highest BCUT2D eigenvalue weighted by molar-refractivity contribution is 6.06. The molecule has 1 aliphatic carbocycles. The summed E-state index contributed by atoms with van der Waals surface area (Å²) in [7, 11) is 0. The first-order chi connectivity index (χ1) is 18.1. The number of para-hydroxylation sites is 1. The Labute approximate surface area is 227 Å². The SMILES string of the molecule is CCOC(=O)C(C)(C)OC1=C(C)C=C(CN(CCCO)CC2=NN(c3ccccc3)N=C(C)C2)CC=C1C. The van der Waals surface area contributed by atoms with Gasteiger partial charge in [0.05, 0.1) is 18.0 Å². The van der Waals surface area contributed by atoms with E-state index >= 15 is 0 Å². The van der Waals surface area contributed by atoms with Crippen molar-refractivity contribution in [1.29, 1.82) is 0 Å². The Morgan fingerprint density at radius 1 is 1.13 bits per heavy atom. The van der Waals surface area contributed by atoms with Crippen molar-refractivity contribution in [3.05, 3.63) is 65.0 Å². The van der Waals surface area contributed by atoms with Crippen LogP contribution in [0.5, 0.6) is 0 Å². The summed E-state index contributed by atoms with van der Waals surface area (Å²) in [5.74, 6) is 0.329. The molecule has 0 bridgehead atoms. The molecule has 0 saturated heterocycles. The summed E-state index contributed by atoms with van der Waals surface area (Å²) in [6.07, 6.45) is 6.48. The van der Waals surface area contributed by atoms with Gasteiger partial charge >= 0.3 is 5.97 Å². The molecule has 1 aliphatic heterocycles. The molecule has 0 spiro atoms. The second-order valence-electron chi connectivity index (χ2n) is 10.3. The number of anilines is 1. The minimum atomic E-state index is -1.09. The van der Waals surface area contributed by atoms with Gasteiger partial charge in [0.25, 0.3) is 0 Å². The van der Waals surface area contributed by atoms with Gasteiger partial charge in [0, 0.05) is 38.4 Å². The molecule has 38 heavy (non-hydrogen) atoms. The molecule has 0 fully saturated rings. The molecule has 2 aliphatic rings. The van der Waals surface area contributed by atoms with Crippen molar-refractivity contribution in [1.82, 2.24) is 4.90 Å². The molecule has 1 N–H and O–H groups in total. The second-order valence-corrected chi connectivity index (χ2v) is 10.3. The van der Waals surface area contributed by atoms with Gasteiger partial charge in [-0.25, -0.2) is 4.79 Å². The van der Waals surface area contributed by atoms with Crippen LogP contribution in [0.25, 0.3) is 0 Å². The van der Waals surface area contributed by atoms with Gasteiger partial charge in [-0.1, -0.05) is 35.9 Å². The van der Waals surface area contributed by atoms with Crippen LogP contribution in [-0.4, -0.2) is 65.8 Å². The highest BCUT2D eigenvalue weighted by Gasteiger charge is 2.33. The number of carbonyl (C=O) groups is 1. The Bertz CT molecular complexity index is 1130. The Morgan fingerprint density at radius 3 is 2.55 bits per heavy atom. The van der Waals surface area contributed by atoms with Crippen LogP contribution in [0.3, 0.4) is 0 Å². The fraction of sp³-hybridized carbons (Fsp3) is 0.500. The highest BCUT2D eigenvalue weighted by Crippen LogP contribution is 2.29. The minimum absolute atomic E-state index is 0.136. The largest absolute Gasteiger partial charge is 0.476 e. The molecule has 8 nitrogen and oxygen atoms in total. The van der Waals surface area contributed by atoms with E-state index in [0.29, 0.717) is 25.3 Å². The number of benzene rings is 1. The Hall–Kier alpha value is -3.23. The summed E-state index contributed by atoms with van der Waals surface area (Å²) in [4.78, 5) is 14.7. The summed E-state index contributed by atoms with van der Waals surface area (Å²) in [6, 6.07) is 9.93. The van der Waals surface area contributed by atoms with E-state index in [0.717, 1.165) is 54.2 Å². The molecule has 0 saturated carbocycles. The van der Waals surface area contributed by atoms with Crippen LogP contribution in [0.15, 0.2) is 75.2 Å². The number of aliphatic hydroxyl groups excluding tert-OH is 1. The Balaban J connectivity index is 1.79. The van der Waals surface area contributed by atoms with Crippen LogP contribution in [0, 0.1) is 0 Å². The molecule has 0 atom stereocenters. The van der Waals surface area contributed by atoms with Gasteiger partial charge in [-0.2, -0.15) is 15.3 Å². The number of hydrogen-bond acceptors (Lipinski definition) is 8. The fourth-order valence-electron chi connectivity index (χ4n) is 4.49. The third-order valence-corrected chi connectivity index (χ3v) is 6.35. The van der Waals surface area contributed by atoms with Gasteiger partial charge in [0.1, 0.15) is 5.76 Å². The van der Waals surface area contributed by atoms with E-state index in [4.69, 9.17) is 14.6 Å². The number of hydrazone groups is 2. The molecule has 0 unspecified atom stereocenters. The first kappa shape index (κ1) is 29.3. The second kappa shape index (κ2) is 13.5. The third-order valence-electron chi connectivity index (χ3n) is 6.35.